The lowest BCUT2D eigenvalue weighted by atomic mass is 10.2. The van der Waals surface area contributed by atoms with Gasteiger partial charge in [0.1, 0.15) is 12.4 Å². The molecule has 1 N–H and O–H groups in total. The van der Waals surface area contributed by atoms with E-state index in [4.69, 9.17) is 0 Å². The quantitative estimate of drug-likeness (QED) is 0.872. The minimum Gasteiger partial charge on any atom is -0.358 e. The predicted molar refractivity (Wildman–Crippen MR) is 93.1 cm³/mol. The van der Waals surface area contributed by atoms with Gasteiger partial charge in [-0.25, -0.2) is 4.39 Å². The molecule has 1 aliphatic heterocycles. The third kappa shape index (κ3) is 3.19. The Balaban J connectivity index is 2.03. The van der Waals surface area contributed by atoms with Crippen LogP contribution in [-0.2, 0) is 9.59 Å². The fourth-order valence-electron chi connectivity index (χ4n) is 2.38. The normalized spacial score (nSPS) is 15.3. The van der Waals surface area contributed by atoms with Gasteiger partial charge < -0.3 is 5.32 Å². The van der Waals surface area contributed by atoms with Crippen LogP contribution >= 0.6 is 11.8 Å². The Morgan fingerprint density at radius 1 is 1.21 bits per heavy atom. The van der Waals surface area contributed by atoms with Crippen LogP contribution in [0.4, 0.5) is 10.1 Å². The van der Waals surface area contributed by atoms with Crippen molar-refractivity contribution in [3.05, 3.63) is 64.8 Å². The number of anilines is 1. The molecule has 1 heterocycles. The molecule has 0 bridgehead atoms. The van der Waals surface area contributed by atoms with Crippen molar-refractivity contribution in [2.45, 2.75) is 4.90 Å². The standard InChI is InChI=1S/C18H15FN2O2S/c1-20-17(22)11-21-14-8-4-5-9-15(14)24-16(18(21)23)10-12-6-2-3-7-13(12)19/h2-10H,11H2,1H3,(H,20,22)/b16-10-. The molecule has 0 saturated carbocycles. The lowest BCUT2D eigenvalue weighted by Crippen LogP contribution is -2.41. The average molecular weight is 342 g/mol. The van der Waals surface area contributed by atoms with Crippen LogP contribution in [-0.4, -0.2) is 25.4 Å². The first kappa shape index (κ1) is 16.3. The molecule has 6 heteroatoms. The molecule has 0 aliphatic carbocycles. The zero-order chi connectivity index (χ0) is 17.1. The second-order valence-corrected chi connectivity index (χ2v) is 6.25. The molecule has 2 aromatic rings. The summed E-state index contributed by atoms with van der Waals surface area (Å²) in [7, 11) is 1.52. The monoisotopic (exact) mass is 342 g/mol. The summed E-state index contributed by atoms with van der Waals surface area (Å²) in [4.78, 5) is 27.2. The number of carbonyl (C=O) groups excluding carboxylic acids is 2. The van der Waals surface area contributed by atoms with E-state index in [-0.39, 0.29) is 18.4 Å². The first-order valence-corrected chi connectivity index (χ1v) is 8.17. The zero-order valence-electron chi connectivity index (χ0n) is 13.0. The highest BCUT2D eigenvalue weighted by Crippen LogP contribution is 2.41. The summed E-state index contributed by atoms with van der Waals surface area (Å²) >= 11 is 1.28. The molecule has 4 nitrogen and oxygen atoms in total. The minimum atomic E-state index is -0.393. The van der Waals surface area contributed by atoms with Crippen LogP contribution in [0.3, 0.4) is 0 Å². The predicted octanol–water partition coefficient (Wildman–Crippen LogP) is 3.05. The zero-order valence-corrected chi connectivity index (χ0v) is 13.8. The molecule has 0 spiro atoms. The molecule has 1 aliphatic rings. The summed E-state index contributed by atoms with van der Waals surface area (Å²) in [6.45, 7) is -0.0818. The summed E-state index contributed by atoms with van der Waals surface area (Å²) in [5, 5.41) is 2.52. The molecule has 0 atom stereocenters. The number of hydrogen-bond acceptors (Lipinski definition) is 3. The van der Waals surface area contributed by atoms with Gasteiger partial charge in [-0.2, -0.15) is 0 Å². The van der Waals surface area contributed by atoms with Gasteiger partial charge >= 0.3 is 0 Å². The maximum absolute atomic E-state index is 13.9. The number of para-hydroxylation sites is 1. The van der Waals surface area contributed by atoms with Crippen LogP contribution in [0.2, 0.25) is 0 Å². The topological polar surface area (TPSA) is 49.4 Å². The highest BCUT2D eigenvalue weighted by atomic mass is 32.2. The van der Waals surface area contributed by atoms with E-state index in [0.717, 1.165) is 4.90 Å². The van der Waals surface area contributed by atoms with Crippen molar-refractivity contribution in [3.8, 4) is 0 Å². The van der Waals surface area contributed by atoms with Crippen LogP contribution in [0, 0.1) is 5.82 Å². The number of thioether (sulfide) groups is 1. The molecule has 0 radical (unpaired) electrons. The van der Waals surface area contributed by atoms with E-state index in [9.17, 15) is 14.0 Å². The van der Waals surface area contributed by atoms with Gasteiger partial charge in [0.25, 0.3) is 5.91 Å². The SMILES string of the molecule is CNC(=O)CN1C(=O)/C(=C/c2ccccc2F)Sc2ccccc21. The van der Waals surface area contributed by atoms with Gasteiger partial charge in [-0.05, 0) is 24.3 Å². The molecular formula is C18H15FN2O2S. The summed E-state index contributed by atoms with van der Waals surface area (Å²) < 4.78 is 13.9. The lowest BCUT2D eigenvalue weighted by Gasteiger charge is -2.29. The molecule has 0 fully saturated rings. The van der Waals surface area contributed by atoms with E-state index in [0.29, 0.717) is 16.2 Å². The Morgan fingerprint density at radius 2 is 1.92 bits per heavy atom. The van der Waals surface area contributed by atoms with Crippen LogP contribution in [0.1, 0.15) is 5.56 Å². The van der Waals surface area contributed by atoms with Gasteiger partial charge in [-0.15, -0.1) is 0 Å². The van der Waals surface area contributed by atoms with Gasteiger partial charge in [-0.3, -0.25) is 14.5 Å². The first-order valence-electron chi connectivity index (χ1n) is 7.35. The fourth-order valence-corrected chi connectivity index (χ4v) is 3.42. The van der Waals surface area contributed by atoms with Gasteiger partial charge in [0.15, 0.2) is 0 Å². The highest BCUT2D eigenvalue weighted by Gasteiger charge is 2.30. The molecule has 24 heavy (non-hydrogen) atoms. The Bertz CT molecular complexity index is 835. The second-order valence-electron chi connectivity index (χ2n) is 5.16. The molecule has 3 rings (SSSR count). The van der Waals surface area contributed by atoms with Gasteiger partial charge in [-0.1, -0.05) is 42.1 Å². The third-order valence-electron chi connectivity index (χ3n) is 3.60. The summed E-state index contributed by atoms with van der Waals surface area (Å²) in [5.41, 5.74) is 1.02. The number of rotatable bonds is 3. The molecule has 0 saturated heterocycles. The molecular weight excluding hydrogens is 327 g/mol. The van der Waals surface area contributed by atoms with Crippen molar-refractivity contribution >= 4 is 35.3 Å². The number of fused-ring (bicyclic) bond motifs is 1. The maximum atomic E-state index is 13.9. The molecule has 122 valence electrons. The van der Waals surface area contributed by atoms with Gasteiger partial charge in [0.05, 0.1) is 10.6 Å². The van der Waals surface area contributed by atoms with Gasteiger partial charge in [0.2, 0.25) is 5.91 Å². The third-order valence-corrected chi connectivity index (χ3v) is 4.68. The fraction of sp³-hybridized carbons (Fsp3) is 0.111. The van der Waals surface area contributed by atoms with Crippen LogP contribution in [0.25, 0.3) is 6.08 Å². The number of hydrogen-bond donors (Lipinski definition) is 1. The highest BCUT2D eigenvalue weighted by molar-refractivity contribution is 8.04. The number of nitrogens with one attached hydrogen (secondary N) is 1. The van der Waals surface area contributed by atoms with Crippen LogP contribution < -0.4 is 10.2 Å². The maximum Gasteiger partial charge on any atom is 0.265 e. The van der Waals surface area contributed by atoms with E-state index in [2.05, 4.69) is 5.32 Å². The number of halogens is 1. The van der Waals surface area contributed by atoms with E-state index < -0.39 is 5.82 Å². The van der Waals surface area contributed by atoms with E-state index >= 15 is 0 Å². The summed E-state index contributed by atoms with van der Waals surface area (Å²) in [6.07, 6.45) is 1.52. The van der Waals surface area contributed by atoms with Crippen molar-refractivity contribution in [2.24, 2.45) is 0 Å². The lowest BCUT2D eigenvalue weighted by molar-refractivity contribution is -0.122. The van der Waals surface area contributed by atoms with Crippen molar-refractivity contribution in [2.75, 3.05) is 18.5 Å². The second kappa shape index (κ2) is 6.88. The Morgan fingerprint density at radius 3 is 2.67 bits per heavy atom. The van der Waals surface area contributed by atoms with E-state index in [1.807, 2.05) is 18.2 Å². The van der Waals surface area contributed by atoms with E-state index in [1.165, 1.54) is 35.9 Å². The largest absolute Gasteiger partial charge is 0.358 e. The first-order chi connectivity index (χ1) is 11.6. The van der Waals surface area contributed by atoms with Crippen molar-refractivity contribution in [1.29, 1.82) is 0 Å². The van der Waals surface area contributed by atoms with Crippen LogP contribution in [0.5, 0.6) is 0 Å². The van der Waals surface area contributed by atoms with Crippen LogP contribution in [0.15, 0.2) is 58.3 Å². The van der Waals surface area contributed by atoms with Crippen molar-refractivity contribution in [1.82, 2.24) is 5.32 Å². The number of benzene rings is 2. The number of carbonyl (C=O) groups is 2. The summed E-state index contributed by atoms with van der Waals surface area (Å²) in [6, 6.07) is 13.6. The summed E-state index contributed by atoms with van der Waals surface area (Å²) in [5.74, 6) is -0.976. The number of amides is 2. The molecule has 0 aromatic heterocycles. The minimum absolute atomic E-state index is 0.0818. The Labute approximate surface area is 143 Å². The van der Waals surface area contributed by atoms with Crippen molar-refractivity contribution < 1.29 is 14.0 Å². The van der Waals surface area contributed by atoms with E-state index in [1.54, 1.807) is 24.3 Å². The molecule has 2 amide bonds. The smallest absolute Gasteiger partial charge is 0.265 e. The number of likely N-dealkylation sites (N-methyl/N-ethyl adjacent to an activating group) is 1. The Hall–Kier alpha value is -2.60. The Kier molecular flexibility index (Phi) is 4.66. The molecule has 2 aromatic carbocycles. The van der Waals surface area contributed by atoms with Crippen molar-refractivity contribution in [3.63, 3.8) is 0 Å². The average Bonchev–Trinajstić information content (AvgIpc) is 2.60. The number of nitrogens with zero attached hydrogens (tertiary/aromatic N) is 1. The molecule has 0 unspecified atom stereocenters. The van der Waals surface area contributed by atoms with Gasteiger partial charge in [0, 0.05) is 17.5 Å².